The van der Waals surface area contributed by atoms with Crippen molar-refractivity contribution < 1.29 is 0 Å². The second kappa shape index (κ2) is 11.9. The average Bonchev–Trinajstić information content (AvgIpc) is 3.89. The fourth-order valence-corrected chi connectivity index (χ4v) is 10.9. The third kappa shape index (κ3) is 4.49. The first kappa shape index (κ1) is 32.8. The summed E-state index contributed by atoms with van der Waals surface area (Å²) in [6.45, 7) is 4.68. The molecule has 10 aromatic rings. The molecule has 4 heteroatoms. The van der Waals surface area contributed by atoms with Gasteiger partial charge in [-0.1, -0.05) is 153 Å². The second-order valence-electron chi connectivity index (χ2n) is 16.9. The van der Waals surface area contributed by atoms with E-state index < -0.39 is 0 Å². The molecule has 13 rings (SSSR count). The molecule has 0 fully saturated rings. The summed E-state index contributed by atoms with van der Waals surface area (Å²) in [4.78, 5) is 13.5. The number of rotatable bonds is 3. The molecule has 3 heterocycles. The van der Waals surface area contributed by atoms with Crippen LogP contribution in [0.25, 0.3) is 77.9 Å². The van der Waals surface area contributed by atoms with Crippen LogP contribution in [0.2, 0.25) is 0 Å². The lowest BCUT2D eigenvalue weighted by Crippen LogP contribution is -2.30. The number of nitrogens with zero attached hydrogens (tertiary/aromatic N) is 4. The molecule has 0 N–H and O–H groups in total. The molecule has 0 radical (unpaired) electrons. The fraction of sp³-hybridized carbons (Fsp3) is 0.0909. The summed E-state index contributed by atoms with van der Waals surface area (Å²) in [5.41, 5.74) is 16.9. The lowest BCUT2D eigenvalue weighted by atomic mass is 9.81. The smallest absolute Gasteiger partial charge is 0.235 e. The number of benzene rings is 8. The standard InChI is InChI=1S/C55H38N4/c1-55(2)44-20-10-7-17-39(44)40-27-23-35(31-45(40)55)53-41-18-8-11-21-46(41)56-54(57-53)59-48-30-26-36(32-43(48)52-38-16-6-4-14-34(38)25-29-50(52)59)58-47-22-12-9-19-42(47)51-37-15-5-3-13-33(37)24-28-49(51)58/h3-32,49,51H,1-2H3. The average molecular weight is 755 g/mol. The fourth-order valence-electron chi connectivity index (χ4n) is 10.9. The Labute approximate surface area is 342 Å². The lowest BCUT2D eigenvalue weighted by molar-refractivity contribution is 0.660. The van der Waals surface area contributed by atoms with E-state index >= 15 is 0 Å². The Balaban J connectivity index is 1.04. The van der Waals surface area contributed by atoms with E-state index in [1.165, 1.54) is 71.9 Å². The quantitative estimate of drug-likeness (QED) is 0.180. The maximum atomic E-state index is 5.55. The monoisotopic (exact) mass is 754 g/mol. The molecular weight excluding hydrogens is 717 g/mol. The van der Waals surface area contributed by atoms with E-state index in [9.17, 15) is 0 Å². The van der Waals surface area contributed by atoms with E-state index in [2.05, 4.69) is 205 Å². The summed E-state index contributed by atoms with van der Waals surface area (Å²) in [6.07, 6.45) is 4.71. The van der Waals surface area contributed by atoms with Crippen molar-refractivity contribution in [2.75, 3.05) is 4.90 Å². The van der Waals surface area contributed by atoms with Crippen LogP contribution in [0.5, 0.6) is 0 Å². The molecule has 0 saturated heterocycles. The Bertz CT molecular complexity index is 3460. The minimum absolute atomic E-state index is 0.119. The van der Waals surface area contributed by atoms with Gasteiger partial charge >= 0.3 is 0 Å². The summed E-state index contributed by atoms with van der Waals surface area (Å²) in [5.74, 6) is 0.928. The zero-order chi connectivity index (χ0) is 39.0. The molecule has 2 aliphatic carbocycles. The molecule has 2 aromatic heterocycles. The first-order chi connectivity index (χ1) is 29.0. The highest BCUT2D eigenvalue weighted by Gasteiger charge is 2.41. The molecule has 1 aliphatic heterocycles. The van der Waals surface area contributed by atoms with Crippen molar-refractivity contribution in [1.29, 1.82) is 0 Å². The second-order valence-corrected chi connectivity index (χ2v) is 16.9. The van der Waals surface area contributed by atoms with E-state index in [0.29, 0.717) is 5.95 Å². The first-order valence-electron chi connectivity index (χ1n) is 20.7. The number of fused-ring (bicyclic) bond motifs is 14. The molecule has 278 valence electrons. The van der Waals surface area contributed by atoms with Gasteiger partial charge in [0.05, 0.1) is 28.3 Å². The van der Waals surface area contributed by atoms with Crippen molar-refractivity contribution in [2.24, 2.45) is 0 Å². The van der Waals surface area contributed by atoms with E-state index in [0.717, 1.165) is 33.2 Å². The van der Waals surface area contributed by atoms with Gasteiger partial charge < -0.3 is 4.90 Å². The highest BCUT2D eigenvalue weighted by molar-refractivity contribution is 6.22. The molecule has 4 nitrogen and oxygen atoms in total. The third-order valence-corrected chi connectivity index (χ3v) is 13.5. The molecule has 0 bridgehead atoms. The Morgan fingerprint density at radius 1 is 0.559 bits per heavy atom. The topological polar surface area (TPSA) is 34.0 Å². The number of para-hydroxylation sites is 2. The highest BCUT2D eigenvalue weighted by Crippen LogP contribution is 2.53. The number of hydrogen-bond donors (Lipinski definition) is 0. The van der Waals surface area contributed by atoms with Crippen molar-refractivity contribution in [1.82, 2.24) is 14.5 Å². The lowest BCUT2D eigenvalue weighted by Gasteiger charge is -2.31. The third-order valence-electron chi connectivity index (χ3n) is 13.5. The summed E-state index contributed by atoms with van der Waals surface area (Å²) in [6, 6.07) is 62.5. The Morgan fingerprint density at radius 3 is 2.24 bits per heavy atom. The van der Waals surface area contributed by atoms with Gasteiger partial charge in [0, 0.05) is 44.4 Å². The van der Waals surface area contributed by atoms with Crippen molar-refractivity contribution in [2.45, 2.75) is 31.2 Å². The van der Waals surface area contributed by atoms with Gasteiger partial charge in [0.2, 0.25) is 5.95 Å². The molecule has 59 heavy (non-hydrogen) atoms. The van der Waals surface area contributed by atoms with Crippen LogP contribution >= 0.6 is 0 Å². The SMILES string of the molecule is CC1(C)c2ccccc2-c2ccc(-c3nc(-n4c5ccc(N6c7ccccc7C7c8ccccc8C=CC76)cc5c5c6ccccc6ccc54)nc4ccccc34)cc21. The minimum Gasteiger partial charge on any atom is -0.333 e. The van der Waals surface area contributed by atoms with Crippen LogP contribution in [0.1, 0.15) is 47.6 Å². The highest BCUT2D eigenvalue weighted by atomic mass is 15.2. The summed E-state index contributed by atoms with van der Waals surface area (Å²) in [7, 11) is 0. The maximum absolute atomic E-state index is 5.55. The predicted octanol–water partition coefficient (Wildman–Crippen LogP) is 13.5. The van der Waals surface area contributed by atoms with Crippen molar-refractivity contribution in [3.05, 3.63) is 204 Å². The maximum Gasteiger partial charge on any atom is 0.235 e. The Kier molecular flexibility index (Phi) is 6.59. The normalized spacial score (nSPS) is 17.0. The van der Waals surface area contributed by atoms with Gasteiger partial charge in [0.15, 0.2) is 0 Å². The molecule has 0 amide bonds. The molecule has 0 spiro atoms. The molecule has 0 saturated carbocycles. The van der Waals surface area contributed by atoms with E-state index in [4.69, 9.17) is 9.97 Å². The van der Waals surface area contributed by atoms with Crippen LogP contribution in [0.4, 0.5) is 11.4 Å². The van der Waals surface area contributed by atoms with Gasteiger partial charge in [-0.15, -0.1) is 0 Å². The summed E-state index contributed by atoms with van der Waals surface area (Å²) < 4.78 is 2.29. The van der Waals surface area contributed by atoms with Gasteiger partial charge in [-0.3, -0.25) is 4.57 Å². The first-order valence-corrected chi connectivity index (χ1v) is 20.7. The van der Waals surface area contributed by atoms with Crippen LogP contribution in [-0.2, 0) is 5.41 Å². The Morgan fingerprint density at radius 2 is 1.31 bits per heavy atom. The van der Waals surface area contributed by atoms with Gasteiger partial charge in [-0.2, -0.15) is 0 Å². The summed E-state index contributed by atoms with van der Waals surface area (Å²) in [5, 5.41) is 5.88. The van der Waals surface area contributed by atoms with Crippen LogP contribution in [0.15, 0.2) is 176 Å². The molecule has 8 aromatic carbocycles. The van der Waals surface area contributed by atoms with E-state index in [-0.39, 0.29) is 17.4 Å². The molecule has 3 aliphatic rings. The summed E-state index contributed by atoms with van der Waals surface area (Å²) >= 11 is 0. The van der Waals surface area contributed by atoms with Crippen molar-refractivity contribution >= 4 is 60.9 Å². The molecule has 2 atom stereocenters. The van der Waals surface area contributed by atoms with Gasteiger partial charge in [0.1, 0.15) is 0 Å². The number of aromatic nitrogens is 3. The number of anilines is 2. The van der Waals surface area contributed by atoms with Crippen LogP contribution in [-0.4, -0.2) is 20.6 Å². The van der Waals surface area contributed by atoms with E-state index in [1.807, 2.05) is 0 Å². The number of hydrogen-bond acceptors (Lipinski definition) is 3. The Hall–Kier alpha value is -7.30. The van der Waals surface area contributed by atoms with Crippen LogP contribution in [0, 0.1) is 0 Å². The molecule has 2 unspecified atom stereocenters. The zero-order valence-electron chi connectivity index (χ0n) is 32.8. The van der Waals surface area contributed by atoms with Crippen molar-refractivity contribution in [3.63, 3.8) is 0 Å². The zero-order valence-corrected chi connectivity index (χ0v) is 32.8. The predicted molar refractivity (Wildman–Crippen MR) is 244 cm³/mol. The van der Waals surface area contributed by atoms with Crippen LogP contribution < -0.4 is 4.90 Å². The largest absolute Gasteiger partial charge is 0.333 e. The van der Waals surface area contributed by atoms with Crippen LogP contribution in [0.3, 0.4) is 0 Å². The minimum atomic E-state index is -0.119. The van der Waals surface area contributed by atoms with Gasteiger partial charge in [-0.25, -0.2) is 9.97 Å². The molecular formula is C55H38N4. The van der Waals surface area contributed by atoms with E-state index in [1.54, 1.807) is 0 Å². The van der Waals surface area contributed by atoms with Crippen molar-refractivity contribution in [3.8, 4) is 28.3 Å². The van der Waals surface area contributed by atoms with Gasteiger partial charge in [0.25, 0.3) is 0 Å². The van der Waals surface area contributed by atoms with Gasteiger partial charge in [-0.05, 0) is 92.2 Å².